The molecular formula is C22H18N4OS. The van der Waals surface area contributed by atoms with Crippen LogP contribution in [-0.4, -0.2) is 20.9 Å². The minimum absolute atomic E-state index is 0.134. The van der Waals surface area contributed by atoms with Crippen LogP contribution >= 0.6 is 11.8 Å². The van der Waals surface area contributed by atoms with Gasteiger partial charge in [0.15, 0.2) is 0 Å². The average Bonchev–Trinajstić information content (AvgIpc) is 2.73. The standard InChI is InChI=1S/C22H18N4OS/c1-15-5-6-17-12-19(7-8-20(17)25-15)26-22(27)18-4-2-3-16(11-18)14-28-21-13-23-9-10-24-21/h2-13H,14H2,1H3,(H,26,27). The zero-order chi connectivity index (χ0) is 19.3. The summed E-state index contributed by atoms with van der Waals surface area (Å²) in [5.41, 5.74) is 4.32. The second-order valence-corrected chi connectivity index (χ2v) is 7.34. The van der Waals surface area contributed by atoms with E-state index in [-0.39, 0.29) is 5.91 Å². The molecule has 1 N–H and O–H groups in total. The van der Waals surface area contributed by atoms with Gasteiger partial charge in [0.2, 0.25) is 0 Å². The predicted octanol–water partition coefficient (Wildman–Crippen LogP) is 4.88. The van der Waals surface area contributed by atoms with Crippen LogP contribution in [0.2, 0.25) is 0 Å². The first kappa shape index (κ1) is 18.1. The number of pyridine rings is 1. The molecule has 28 heavy (non-hydrogen) atoms. The Morgan fingerprint density at radius 2 is 2.00 bits per heavy atom. The van der Waals surface area contributed by atoms with E-state index in [2.05, 4.69) is 20.3 Å². The van der Waals surface area contributed by atoms with Gasteiger partial charge in [-0.25, -0.2) is 4.98 Å². The van der Waals surface area contributed by atoms with E-state index in [1.54, 1.807) is 30.4 Å². The zero-order valence-electron chi connectivity index (χ0n) is 15.3. The summed E-state index contributed by atoms with van der Waals surface area (Å²) in [6.07, 6.45) is 5.06. The summed E-state index contributed by atoms with van der Waals surface area (Å²) in [5, 5.41) is 4.83. The molecule has 4 rings (SSSR count). The second-order valence-electron chi connectivity index (χ2n) is 6.35. The van der Waals surface area contributed by atoms with Crippen LogP contribution in [-0.2, 0) is 5.75 Å². The molecular weight excluding hydrogens is 368 g/mol. The molecule has 2 aromatic carbocycles. The number of hydrogen-bond acceptors (Lipinski definition) is 5. The Morgan fingerprint density at radius 1 is 1.07 bits per heavy atom. The SMILES string of the molecule is Cc1ccc2cc(NC(=O)c3cccc(CSc4cnccn4)c3)ccc2n1. The number of hydrogen-bond donors (Lipinski definition) is 1. The van der Waals surface area contributed by atoms with Gasteiger partial charge < -0.3 is 5.32 Å². The first-order valence-electron chi connectivity index (χ1n) is 8.84. The van der Waals surface area contributed by atoms with Gasteiger partial charge in [0.05, 0.1) is 11.7 Å². The van der Waals surface area contributed by atoms with E-state index in [9.17, 15) is 4.79 Å². The molecule has 0 spiro atoms. The van der Waals surface area contributed by atoms with Crippen molar-refractivity contribution in [1.82, 2.24) is 15.0 Å². The van der Waals surface area contributed by atoms with Crippen molar-refractivity contribution < 1.29 is 4.79 Å². The van der Waals surface area contributed by atoms with Crippen molar-refractivity contribution in [2.24, 2.45) is 0 Å². The fraction of sp³-hybridized carbons (Fsp3) is 0.0909. The summed E-state index contributed by atoms with van der Waals surface area (Å²) in [7, 11) is 0. The first-order chi connectivity index (χ1) is 13.7. The number of carbonyl (C=O) groups is 1. The predicted molar refractivity (Wildman–Crippen MR) is 112 cm³/mol. The van der Waals surface area contributed by atoms with Crippen LogP contribution < -0.4 is 5.32 Å². The zero-order valence-corrected chi connectivity index (χ0v) is 16.1. The highest BCUT2D eigenvalue weighted by molar-refractivity contribution is 7.98. The number of anilines is 1. The lowest BCUT2D eigenvalue weighted by atomic mass is 10.1. The molecule has 0 saturated carbocycles. The van der Waals surface area contributed by atoms with Gasteiger partial charge in [0.25, 0.3) is 5.91 Å². The molecule has 1 amide bonds. The number of nitrogens with one attached hydrogen (secondary N) is 1. The van der Waals surface area contributed by atoms with Gasteiger partial charge >= 0.3 is 0 Å². The summed E-state index contributed by atoms with van der Waals surface area (Å²) in [6.45, 7) is 1.96. The fourth-order valence-corrected chi connectivity index (χ4v) is 3.59. The van der Waals surface area contributed by atoms with Gasteiger partial charge in [-0.2, -0.15) is 0 Å². The third kappa shape index (κ3) is 4.35. The number of carbonyl (C=O) groups excluding carboxylic acids is 1. The number of nitrogens with zero attached hydrogens (tertiary/aromatic N) is 3. The van der Waals surface area contributed by atoms with E-state index < -0.39 is 0 Å². The molecule has 138 valence electrons. The van der Waals surface area contributed by atoms with Crippen molar-refractivity contribution in [2.45, 2.75) is 17.7 Å². The van der Waals surface area contributed by atoms with Crippen LogP contribution in [0.4, 0.5) is 5.69 Å². The van der Waals surface area contributed by atoms with E-state index in [1.807, 2.05) is 61.5 Å². The summed E-state index contributed by atoms with van der Waals surface area (Å²) in [5.74, 6) is 0.589. The number of rotatable bonds is 5. The first-order valence-corrected chi connectivity index (χ1v) is 9.82. The largest absolute Gasteiger partial charge is 0.322 e. The fourth-order valence-electron chi connectivity index (χ4n) is 2.83. The minimum atomic E-state index is -0.134. The van der Waals surface area contributed by atoms with Crippen molar-refractivity contribution >= 4 is 34.3 Å². The van der Waals surface area contributed by atoms with E-state index in [4.69, 9.17) is 0 Å². The third-order valence-electron chi connectivity index (χ3n) is 4.20. The molecule has 0 radical (unpaired) electrons. The molecule has 0 aliphatic heterocycles. The number of thioether (sulfide) groups is 1. The number of fused-ring (bicyclic) bond motifs is 1. The normalized spacial score (nSPS) is 10.8. The van der Waals surface area contributed by atoms with Crippen LogP contribution in [0.25, 0.3) is 10.9 Å². The number of aryl methyl sites for hydroxylation is 1. The van der Waals surface area contributed by atoms with Gasteiger partial charge in [-0.05, 0) is 48.9 Å². The molecule has 6 heteroatoms. The maximum Gasteiger partial charge on any atom is 0.255 e. The van der Waals surface area contributed by atoms with E-state index in [0.717, 1.165) is 38.6 Å². The molecule has 2 aromatic heterocycles. The molecule has 0 atom stereocenters. The van der Waals surface area contributed by atoms with Gasteiger partial charge in [0.1, 0.15) is 5.03 Å². The minimum Gasteiger partial charge on any atom is -0.322 e. The van der Waals surface area contributed by atoms with E-state index >= 15 is 0 Å². The van der Waals surface area contributed by atoms with E-state index in [1.165, 1.54) is 0 Å². The Hall–Kier alpha value is -3.25. The van der Waals surface area contributed by atoms with Gasteiger partial charge in [-0.1, -0.05) is 18.2 Å². The Bertz CT molecular complexity index is 1130. The van der Waals surface area contributed by atoms with Gasteiger partial charge in [-0.15, -0.1) is 11.8 Å². The number of benzene rings is 2. The van der Waals surface area contributed by atoms with Gasteiger partial charge in [0, 0.05) is 40.5 Å². The van der Waals surface area contributed by atoms with Crippen molar-refractivity contribution in [2.75, 3.05) is 5.32 Å². The molecule has 2 heterocycles. The van der Waals surface area contributed by atoms with Crippen LogP contribution in [0.5, 0.6) is 0 Å². The van der Waals surface area contributed by atoms with Crippen LogP contribution in [0.15, 0.2) is 78.2 Å². The lowest BCUT2D eigenvalue weighted by Crippen LogP contribution is -2.12. The van der Waals surface area contributed by atoms with E-state index in [0.29, 0.717) is 5.56 Å². The molecule has 0 bridgehead atoms. The quantitative estimate of drug-likeness (QED) is 0.495. The maximum atomic E-state index is 12.7. The number of amides is 1. The van der Waals surface area contributed by atoms with Gasteiger partial charge in [-0.3, -0.25) is 14.8 Å². The molecule has 0 aliphatic rings. The Morgan fingerprint density at radius 3 is 2.86 bits per heavy atom. The highest BCUT2D eigenvalue weighted by atomic mass is 32.2. The number of aromatic nitrogens is 3. The summed E-state index contributed by atoms with van der Waals surface area (Å²) < 4.78 is 0. The van der Waals surface area contributed by atoms with Crippen molar-refractivity contribution in [3.05, 3.63) is 90.0 Å². The van der Waals surface area contributed by atoms with Crippen molar-refractivity contribution in [1.29, 1.82) is 0 Å². The lowest BCUT2D eigenvalue weighted by molar-refractivity contribution is 0.102. The van der Waals surface area contributed by atoms with Crippen molar-refractivity contribution in [3.63, 3.8) is 0 Å². The lowest BCUT2D eigenvalue weighted by Gasteiger charge is -2.08. The van der Waals surface area contributed by atoms with Crippen LogP contribution in [0.1, 0.15) is 21.6 Å². The Balaban J connectivity index is 1.46. The topological polar surface area (TPSA) is 67.8 Å². The van der Waals surface area contributed by atoms with Crippen molar-refractivity contribution in [3.8, 4) is 0 Å². The van der Waals surface area contributed by atoms with Crippen LogP contribution in [0, 0.1) is 6.92 Å². The smallest absolute Gasteiger partial charge is 0.255 e. The Labute approximate surface area is 167 Å². The monoisotopic (exact) mass is 386 g/mol. The third-order valence-corrected chi connectivity index (χ3v) is 5.19. The highest BCUT2D eigenvalue weighted by Crippen LogP contribution is 2.22. The summed E-state index contributed by atoms with van der Waals surface area (Å²) in [4.78, 5) is 25.5. The van der Waals surface area contributed by atoms with Crippen LogP contribution in [0.3, 0.4) is 0 Å². The second kappa shape index (κ2) is 8.19. The molecule has 4 aromatic rings. The summed E-state index contributed by atoms with van der Waals surface area (Å²) in [6, 6.07) is 17.3. The maximum absolute atomic E-state index is 12.7. The molecule has 0 saturated heterocycles. The Kier molecular flexibility index (Phi) is 5.30. The average molecular weight is 386 g/mol. The molecule has 0 fully saturated rings. The highest BCUT2D eigenvalue weighted by Gasteiger charge is 2.08. The molecule has 0 aliphatic carbocycles. The summed E-state index contributed by atoms with van der Waals surface area (Å²) >= 11 is 1.59. The molecule has 5 nitrogen and oxygen atoms in total. The molecule has 0 unspecified atom stereocenters.